The molecule has 1 fully saturated rings. The molecule has 0 atom stereocenters. The highest BCUT2D eigenvalue weighted by atomic mass is 35.5. The van der Waals surface area contributed by atoms with Gasteiger partial charge < -0.3 is 4.90 Å². The highest BCUT2D eigenvalue weighted by Gasteiger charge is 2.29. The van der Waals surface area contributed by atoms with Crippen molar-refractivity contribution < 1.29 is 14.4 Å². The van der Waals surface area contributed by atoms with E-state index in [9.17, 15) is 14.4 Å². The van der Waals surface area contributed by atoms with Gasteiger partial charge in [0, 0.05) is 37.2 Å². The number of thiophene rings is 1. The lowest BCUT2D eigenvalue weighted by molar-refractivity contribution is -0.139. The van der Waals surface area contributed by atoms with Crippen LogP contribution in [-0.2, 0) is 20.9 Å². The Kier molecular flexibility index (Phi) is 5.74. The van der Waals surface area contributed by atoms with Crippen LogP contribution < -0.4 is 0 Å². The maximum Gasteiger partial charge on any atom is 0.229 e. The lowest BCUT2D eigenvalue weighted by atomic mass is 10.3. The first-order valence-electron chi connectivity index (χ1n) is 6.97. The van der Waals surface area contributed by atoms with E-state index < -0.39 is 0 Å². The first-order valence-corrected chi connectivity index (χ1v) is 8.16. The van der Waals surface area contributed by atoms with Crippen molar-refractivity contribution in [1.82, 2.24) is 9.80 Å². The zero-order valence-electron chi connectivity index (χ0n) is 12.1. The van der Waals surface area contributed by atoms with Crippen LogP contribution in [0, 0.1) is 0 Å². The number of imide groups is 1. The summed E-state index contributed by atoms with van der Waals surface area (Å²) >= 11 is 7.32. The normalized spacial score (nSPS) is 14.5. The summed E-state index contributed by atoms with van der Waals surface area (Å²) in [6.45, 7) is 4.67. The summed E-state index contributed by atoms with van der Waals surface area (Å²) < 4.78 is 0.675. The summed E-state index contributed by atoms with van der Waals surface area (Å²) in [5, 5.41) is 0. The van der Waals surface area contributed by atoms with Crippen molar-refractivity contribution in [1.29, 1.82) is 0 Å². The highest BCUT2D eigenvalue weighted by Crippen LogP contribution is 2.23. The second-order valence-electron chi connectivity index (χ2n) is 4.96. The highest BCUT2D eigenvalue weighted by molar-refractivity contribution is 7.16. The Labute approximate surface area is 138 Å². The van der Waals surface area contributed by atoms with Crippen molar-refractivity contribution in [2.75, 3.05) is 13.1 Å². The van der Waals surface area contributed by atoms with E-state index in [1.807, 2.05) is 6.07 Å². The lowest BCUT2D eigenvalue weighted by Crippen LogP contribution is -2.36. The monoisotopic (exact) mass is 340 g/mol. The zero-order chi connectivity index (χ0) is 16.1. The molecule has 2 heterocycles. The van der Waals surface area contributed by atoms with Gasteiger partial charge in [-0.25, -0.2) is 0 Å². The number of hydrogen-bond acceptors (Lipinski definition) is 4. The van der Waals surface area contributed by atoms with E-state index >= 15 is 0 Å². The van der Waals surface area contributed by atoms with Crippen molar-refractivity contribution in [3.63, 3.8) is 0 Å². The molecule has 1 aliphatic rings. The van der Waals surface area contributed by atoms with Crippen LogP contribution in [0.15, 0.2) is 24.8 Å². The van der Waals surface area contributed by atoms with Gasteiger partial charge in [-0.1, -0.05) is 17.7 Å². The molecule has 2 rings (SSSR count). The van der Waals surface area contributed by atoms with E-state index in [0.717, 1.165) is 4.88 Å². The molecule has 22 heavy (non-hydrogen) atoms. The van der Waals surface area contributed by atoms with Crippen molar-refractivity contribution in [2.24, 2.45) is 0 Å². The fourth-order valence-electron chi connectivity index (χ4n) is 2.27. The quantitative estimate of drug-likeness (QED) is 0.566. The Bertz CT molecular complexity index is 583. The minimum Gasteiger partial charge on any atom is -0.334 e. The van der Waals surface area contributed by atoms with Crippen molar-refractivity contribution in [3.05, 3.63) is 34.0 Å². The molecule has 1 aromatic rings. The van der Waals surface area contributed by atoms with Gasteiger partial charge in [-0.2, -0.15) is 0 Å². The Hall–Kier alpha value is -1.66. The standard InChI is InChI=1S/C15H17ClN2O3S/c1-2-8-17(10-11-3-4-12(16)22-11)13(19)7-9-18-14(20)5-6-15(18)21/h2-4H,1,5-10H2. The number of likely N-dealkylation sites (tertiary alicyclic amines) is 1. The van der Waals surface area contributed by atoms with Crippen molar-refractivity contribution >= 4 is 40.7 Å². The van der Waals surface area contributed by atoms with Gasteiger partial charge in [-0.15, -0.1) is 17.9 Å². The number of carbonyl (C=O) groups is 3. The minimum absolute atomic E-state index is 0.114. The van der Waals surface area contributed by atoms with Gasteiger partial charge in [0.2, 0.25) is 17.7 Å². The van der Waals surface area contributed by atoms with E-state index in [0.29, 0.717) is 17.4 Å². The van der Waals surface area contributed by atoms with Gasteiger partial charge >= 0.3 is 0 Å². The fraction of sp³-hybridized carbons (Fsp3) is 0.400. The third-order valence-electron chi connectivity index (χ3n) is 3.38. The zero-order valence-corrected chi connectivity index (χ0v) is 13.7. The topological polar surface area (TPSA) is 57.7 Å². The minimum atomic E-state index is -0.196. The summed E-state index contributed by atoms with van der Waals surface area (Å²) in [7, 11) is 0. The molecular weight excluding hydrogens is 324 g/mol. The second-order valence-corrected chi connectivity index (χ2v) is 6.76. The molecule has 1 saturated heterocycles. The molecule has 0 saturated carbocycles. The van der Waals surface area contributed by atoms with Crippen LogP contribution in [0.1, 0.15) is 24.1 Å². The van der Waals surface area contributed by atoms with Crippen molar-refractivity contribution in [2.45, 2.75) is 25.8 Å². The van der Waals surface area contributed by atoms with Crippen LogP contribution in [0.5, 0.6) is 0 Å². The number of halogens is 1. The van der Waals surface area contributed by atoms with Gasteiger partial charge in [-0.05, 0) is 12.1 Å². The first-order chi connectivity index (χ1) is 10.5. The Morgan fingerprint density at radius 1 is 1.36 bits per heavy atom. The molecule has 0 unspecified atom stereocenters. The van der Waals surface area contributed by atoms with Gasteiger partial charge in [0.1, 0.15) is 0 Å². The molecule has 118 valence electrons. The number of hydrogen-bond donors (Lipinski definition) is 0. The molecule has 5 nitrogen and oxygen atoms in total. The molecule has 0 aliphatic carbocycles. The number of rotatable bonds is 7. The summed E-state index contributed by atoms with van der Waals surface area (Å²) in [6, 6.07) is 3.67. The predicted molar refractivity (Wildman–Crippen MR) is 85.5 cm³/mol. The molecule has 7 heteroatoms. The van der Waals surface area contributed by atoms with Gasteiger partial charge in [0.15, 0.2) is 0 Å². The third kappa shape index (κ3) is 4.18. The summed E-state index contributed by atoms with van der Waals surface area (Å²) in [4.78, 5) is 39.2. The smallest absolute Gasteiger partial charge is 0.229 e. The first kappa shape index (κ1) is 16.7. The average molecular weight is 341 g/mol. The van der Waals surface area contributed by atoms with E-state index in [-0.39, 0.29) is 43.5 Å². The molecule has 1 aliphatic heterocycles. The van der Waals surface area contributed by atoms with E-state index in [1.165, 1.54) is 16.2 Å². The number of carbonyl (C=O) groups excluding carboxylic acids is 3. The molecule has 0 radical (unpaired) electrons. The molecule has 0 N–H and O–H groups in total. The van der Waals surface area contributed by atoms with E-state index in [1.54, 1.807) is 17.0 Å². The van der Waals surface area contributed by atoms with E-state index in [2.05, 4.69) is 6.58 Å². The largest absolute Gasteiger partial charge is 0.334 e. The van der Waals surface area contributed by atoms with Crippen LogP contribution in [0.4, 0.5) is 0 Å². The fourth-order valence-corrected chi connectivity index (χ4v) is 3.38. The van der Waals surface area contributed by atoms with Crippen LogP contribution >= 0.6 is 22.9 Å². The Balaban J connectivity index is 1.93. The maximum absolute atomic E-state index is 12.3. The van der Waals surface area contributed by atoms with Gasteiger partial charge in [0.05, 0.1) is 10.9 Å². The average Bonchev–Trinajstić information content (AvgIpc) is 3.03. The summed E-state index contributed by atoms with van der Waals surface area (Å²) in [5.41, 5.74) is 0. The molecule has 3 amide bonds. The summed E-state index contributed by atoms with van der Waals surface area (Å²) in [5.74, 6) is -0.506. The second kappa shape index (κ2) is 7.56. The van der Waals surface area contributed by atoms with Crippen LogP contribution in [0.25, 0.3) is 0 Å². The molecule has 0 bridgehead atoms. The summed E-state index contributed by atoms with van der Waals surface area (Å²) in [6.07, 6.45) is 2.28. The van der Waals surface area contributed by atoms with E-state index in [4.69, 9.17) is 11.6 Å². The van der Waals surface area contributed by atoms with Crippen LogP contribution in [0.2, 0.25) is 4.34 Å². The number of nitrogens with zero attached hydrogens (tertiary/aromatic N) is 2. The lowest BCUT2D eigenvalue weighted by Gasteiger charge is -2.22. The third-order valence-corrected chi connectivity index (χ3v) is 4.60. The predicted octanol–water partition coefficient (Wildman–Crippen LogP) is 2.46. The maximum atomic E-state index is 12.3. The van der Waals surface area contributed by atoms with Gasteiger partial charge in [-0.3, -0.25) is 19.3 Å². The SMILES string of the molecule is C=CCN(Cc1ccc(Cl)s1)C(=O)CCN1C(=O)CCC1=O. The van der Waals surface area contributed by atoms with Crippen molar-refractivity contribution in [3.8, 4) is 0 Å². The molecule has 1 aromatic heterocycles. The Morgan fingerprint density at radius 2 is 2.05 bits per heavy atom. The molecular formula is C15H17ClN2O3S. The van der Waals surface area contributed by atoms with Gasteiger partial charge in [0.25, 0.3) is 0 Å². The Morgan fingerprint density at radius 3 is 2.59 bits per heavy atom. The van der Waals surface area contributed by atoms with Crippen LogP contribution in [0.3, 0.4) is 0 Å². The molecule has 0 aromatic carbocycles. The van der Waals surface area contributed by atoms with Crippen LogP contribution in [-0.4, -0.2) is 40.6 Å². The number of amides is 3. The molecule has 0 spiro atoms.